The molecule has 0 amide bonds. The minimum absolute atomic E-state index is 0.0153. The van der Waals surface area contributed by atoms with Crippen LogP contribution in [0, 0.1) is 11.3 Å². The highest BCUT2D eigenvalue weighted by molar-refractivity contribution is 7.26. The van der Waals surface area contributed by atoms with Gasteiger partial charge in [0.2, 0.25) is 0 Å². The first-order valence-corrected chi connectivity index (χ1v) is 24.7. The van der Waals surface area contributed by atoms with Crippen LogP contribution in [0.5, 0.6) is 0 Å². The van der Waals surface area contributed by atoms with E-state index in [4.69, 9.17) is 0 Å². The SMILES string of the molecule is CC1(C2C(c3ccc(-c4cccc5c4sc4ccccc45)cc3)C2c2ccc3c(c2)C2(c4ccccc4-3)c3ccccc3-n3c4ccccc4c4cccc2c43)C=CC(c2ccccc2)=CC1. The molecule has 316 valence electrons. The Morgan fingerprint density at radius 2 is 1.15 bits per heavy atom. The van der Waals surface area contributed by atoms with Crippen LogP contribution in [0.25, 0.3) is 75.5 Å². The molecule has 0 N–H and O–H groups in total. The van der Waals surface area contributed by atoms with Gasteiger partial charge in [-0.15, -0.1) is 11.3 Å². The van der Waals surface area contributed by atoms with E-state index >= 15 is 0 Å². The lowest BCUT2D eigenvalue weighted by Gasteiger charge is -2.39. The molecule has 3 heterocycles. The average molecular weight is 872 g/mol. The lowest BCUT2D eigenvalue weighted by Crippen LogP contribution is -2.33. The van der Waals surface area contributed by atoms with E-state index in [9.17, 15) is 0 Å². The van der Waals surface area contributed by atoms with Crippen molar-refractivity contribution in [2.45, 2.75) is 30.6 Å². The molecule has 0 bridgehead atoms. The minimum atomic E-state index is -0.473. The molecule has 4 aliphatic rings. The Bertz CT molecular complexity index is 3940. The van der Waals surface area contributed by atoms with Crippen molar-refractivity contribution < 1.29 is 0 Å². The normalized spacial score (nSPS) is 22.0. The molecule has 1 spiro atoms. The summed E-state index contributed by atoms with van der Waals surface area (Å²) in [5.74, 6) is 1.15. The Balaban J connectivity index is 0.905. The fourth-order valence-electron chi connectivity index (χ4n) is 13.4. The number of thiophene rings is 1. The van der Waals surface area contributed by atoms with Gasteiger partial charge < -0.3 is 4.57 Å². The standard InChI is InChI=1S/C65H45NS/c1-64(37-35-41(36-38-64)40-15-3-2-4-16-40)61-59(43-31-29-42(30-32-43)45-20-13-22-51-49-19-7-12-28-58(49)67-63(45)51)60(61)44-33-34-47-46-17-5-8-23-52(46)65(55(47)39-44)53-24-9-11-27-57(53)66-56-26-10-6-18-48(56)50-21-14-25-54(65)62(50)66/h2-37,39,59-61H,38H2,1H3. The van der Waals surface area contributed by atoms with Crippen molar-refractivity contribution >= 4 is 58.9 Å². The fraction of sp³-hybridized carbons (Fsp3) is 0.108. The Hall–Kier alpha value is -7.52. The van der Waals surface area contributed by atoms with Crippen molar-refractivity contribution in [2.75, 3.05) is 0 Å². The molecule has 0 saturated heterocycles. The predicted octanol–water partition coefficient (Wildman–Crippen LogP) is 17.0. The molecule has 3 aliphatic carbocycles. The van der Waals surface area contributed by atoms with Crippen LogP contribution < -0.4 is 0 Å². The number of hydrogen-bond donors (Lipinski definition) is 0. The van der Waals surface area contributed by atoms with Crippen LogP contribution in [0.1, 0.15) is 64.1 Å². The molecule has 1 fully saturated rings. The number of rotatable bonds is 5. The number of fused-ring (bicyclic) bond motifs is 15. The van der Waals surface area contributed by atoms with E-state index in [0.717, 1.165) is 6.42 Å². The molecule has 11 aromatic rings. The summed E-state index contributed by atoms with van der Waals surface area (Å²) in [5.41, 5.74) is 19.7. The van der Waals surface area contributed by atoms with Gasteiger partial charge >= 0.3 is 0 Å². The van der Waals surface area contributed by atoms with E-state index in [1.54, 1.807) is 0 Å². The van der Waals surface area contributed by atoms with Gasteiger partial charge in [-0.25, -0.2) is 0 Å². The summed E-state index contributed by atoms with van der Waals surface area (Å²) in [7, 11) is 0. The van der Waals surface area contributed by atoms with Crippen molar-refractivity contribution in [1.29, 1.82) is 0 Å². The van der Waals surface area contributed by atoms with Gasteiger partial charge in [0.25, 0.3) is 0 Å². The number of benzene rings is 9. The van der Waals surface area contributed by atoms with E-state index < -0.39 is 5.41 Å². The zero-order valence-corrected chi connectivity index (χ0v) is 38.0. The molecule has 67 heavy (non-hydrogen) atoms. The van der Waals surface area contributed by atoms with E-state index in [1.165, 1.54) is 114 Å². The Morgan fingerprint density at radius 1 is 0.493 bits per heavy atom. The zero-order valence-electron chi connectivity index (χ0n) is 37.2. The first-order chi connectivity index (χ1) is 33.1. The van der Waals surface area contributed by atoms with Crippen LogP contribution in [-0.4, -0.2) is 4.57 Å². The highest BCUT2D eigenvalue weighted by atomic mass is 32.1. The Kier molecular flexibility index (Phi) is 7.74. The fourth-order valence-corrected chi connectivity index (χ4v) is 14.7. The molecule has 9 aromatic carbocycles. The maximum absolute atomic E-state index is 2.67. The van der Waals surface area contributed by atoms with Crippen LogP contribution in [0.3, 0.4) is 0 Å². The van der Waals surface area contributed by atoms with Gasteiger partial charge in [-0.1, -0.05) is 213 Å². The molecule has 5 atom stereocenters. The number of para-hydroxylation sites is 3. The Labute approximate surface area is 394 Å². The summed E-state index contributed by atoms with van der Waals surface area (Å²) in [5, 5.41) is 5.32. The van der Waals surface area contributed by atoms with Gasteiger partial charge in [0, 0.05) is 30.9 Å². The largest absolute Gasteiger partial charge is 0.309 e. The zero-order chi connectivity index (χ0) is 44.0. The van der Waals surface area contributed by atoms with Crippen molar-refractivity contribution in [3.05, 3.63) is 263 Å². The molecule has 2 heteroatoms. The summed E-state index contributed by atoms with van der Waals surface area (Å²) in [6.45, 7) is 2.53. The van der Waals surface area contributed by atoms with E-state index in [-0.39, 0.29) is 5.41 Å². The molecule has 1 nitrogen and oxygen atoms in total. The van der Waals surface area contributed by atoms with Gasteiger partial charge in [0.05, 0.1) is 22.1 Å². The first-order valence-electron chi connectivity index (χ1n) is 23.9. The molecular weight excluding hydrogens is 827 g/mol. The molecule has 2 aromatic heterocycles. The third-order valence-electron chi connectivity index (χ3n) is 16.4. The summed E-state index contributed by atoms with van der Waals surface area (Å²) in [6.07, 6.45) is 8.49. The molecule has 1 saturated carbocycles. The summed E-state index contributed by atoms with van der Waals surface area (Å²) in [6, 6.07) is 78.5. The number of aromatic nitrogens is 1. The first kappa shape index (κ1) is 37.7. The van der Waals surface area contributed by atoms with Gasteiger partial charge in [-0.3, -0.25) is 0 Å². The minimum Gasteiger partial charge on any atom is -0.309 e. The monoisotopic (exact) mass is 871 g/mol. The van der Waals surface area contributed by atoms with Crippen LogP contribution >= 0.6 is 11.3 Å². The lowest BCUT2D eigenvalue weighted by molar-refractivity contribution is 0.354. The third kappa shape index (κ3) is 5.09. The molecule has 5 unspecified atom stereocenters. The van der Waals surface area contributed by atoms with E-state index in [0.29, 0.717) is 17.8 Å². The van der Waals surface area contributed by atoms with E-state index in [2.05, 4.69) is 236 Å². The molecule has 1 aliphatic heterocycles. The highest BCUT2D eigenvalue weighted by Crippen LogP contribution is 2.70. The van der Waals surface area contributed by atoms with Crippen LogP contribution in [0.15, 0.2) is 224 Å². The topological polar surface area (TPSA) is 4.93 Å². The van der Waals surface area contributed by atoms with Crippen molar-refractivity contribution in [1.82, 2.24) is 4.57 Å². The average Bonchev–Trinajstić information content (AvgIpc) is 3.77. The van der Waals surface area contributed by atoms with Gasteiger partial charge in [-0.05, 0) is 115 Å². The summed E-state index contributed by atoms with van der Waals surface area (Å²) in [4.78, 5) is 0. The lowest BCUT2D eigenvalue weighted by atomic mass is 9.65. The number of allylic oxidation sites excluding steroid dienone is 4. The summed E-state index contributed by atoms with van der Waals surface area (Å²) >= 11 is 1.91. The second-order valence-electron chi connectivity index (χ2n) is 19.7. The second-order valence-corrected chi connectivity index (χ2v) is 20.8. The van der Waals surface area contributed by atoms with Gasteiger partial charge in [0.1, 0.15) is 0 Å². The van der Waals surface area contributed by atoms with Crippen LogP contribution in [-0.2, 0) is 5.41 Å². The van der Waals surface area contributed by atoms with E-state index in [1.807, 2.05) is 11.3 Å². The van der Waals surface area contributed by atoms with Crippen molar-refractivity contribution in [3.8, 4) is 27.9 Å². The second kappa shape index (κ2) is 13.8. The maximum Gasteiger partial charge on any atom is 0.0754 e. The van der Waals surface area contributed by atoms with Crippen LogP contribution in [0.4, 0.5) is 0 Å². The molecule has 0 radical (unpaired) electrons. The highest BCUT2D eigenvalue weighted by Gasteiger charge is 2.60. The summed E-state index contributed by atoms with van der Waals surface area (Å²) < 4.78 is 5.27. The van der Waals surface area contributed by atoms with Crippen molar-refractivity contribution in [3.63, 3.8) is 0 Å². The van der Waals surface area contributed by atoms with Gasteiger partial charge in [-0.2, -0.15) is 0 Å². The Morgan fingerprint density at radius 3 is 2.01 bits per heavy atom. The van der Waals surface area contributed by atoms with Crippen molar-refractivity contribution in [2.24, 2.45) is 11.3 Å². The van der Waals surface area contributed by atoms with Crippen LogP contribution in [0.2, 0.25) is 0 Å². The van der Waals surface area contributed by atoms with Gasteiger partial charge in [0.15, 0.2) is 0 Å². The maximum atomic E-state index is 2.67. The third-order valence-corrected chi connectivity index (χ3v) is 17.6. The molecular formula is C65H45NS. The predicted molar refractivity (Wildman–Crippen MR) is 282 cm³/mol. The number of nitrogens with zero attached hydrogens (tertiary/aromatic N) is 1. The number of hydrogen-bond acceptors (Lipinski definition) is 1. The molecule has 15 rings (SSSR count). The smallest absolute Gasteiger partial charge is 0.0754 e. The quantitative estimate of drug-likeness (QED) is 0.162.